The van der Waals surface area contributed by atoms with Gasteiger partial charge in [0, 0.05) is 41.3 Å². The molecule has 36 heavy (non-hydrogen) atoms. The first-order valence-electron chi connectivity index (χ1n) is 13.4. The maximum absolute atomic E-state index is 12.7. The summed E-state index contributed by atoms with van der Waals surface area (Å²) < 4.78 is 8.18. The number of rotatable bonds is 10. The van der Waals surface area contributed by atoms with Gasteiger partial charge in [-0.1, -0.05) is 38.3 Å². The van der Waals surface area contributed by atoms with Crippen LogP contribution in [0.5, 0.6) is 5.75 Å². The topological polar surface area (TPSA) is 34.5 Å². The summed E-state index contributed by atoms with van der Waals surface area (Å²) >= 11 is 6.40. The molecule has 0 radical (unpaired) electrons. The minimum absolute atomic E-state index is 0.0697. The Hall–Kier alpha value is -2.72. The van der Waals surface area contributed by atoms with Crippen LogP contribution < -0.4 is 15.2 Å². The second kappa shape index (κ2) is 10.3. The highest BCUT2D eigenvalue weighted by molar-refractivity contribution is 6.30. The van der Waals surface area contributed by atoms with Crippen LogP contribution in [0.25, 0.3) is 16.6 Å². The third kappa shape index (κ3) is 5.20. The van der Waals surface area contributed by atoms with Gasteiger partial charge in [-0.3, -0.25) is 4.79 Å². The summed E-state index contributed by atoms with van der Waals surface area (Å²) in [7, 11) is 2.14. The average Bonchev–Trinajstić information content (AvgIpc) is 3.78. The van der Waals surface area contributed by atoms with E-state index in [0.717, 1.165) is 65.3 Å². The van der Waals surface area contributed by atoms with Crippen LogP contribution in [0.4, 0.5) is 5.69 Å². The molecule has 5 rings (SSSR count). The molecule has 0 spiro atoms. The van der Waals surface area contributed by atoms with Crippen molar-refractivity contribution in [2.75, 3.05) is 18.6 Å². The molecule has 0 unspecified atom stereocenters. The Balaban J connectivity index is 1.52. The minimum Gasteiger partial charge on any atom is -0.493 e. The van der Waals surface area contributed by atoms with E-state index in [2.05, 4.69) is 50.1 Å². The van der Waals surface area contributed by atoms with Crippen molar-refractivity contribution in [1.29, 1.82) is 0 Å². The molecular formula is C31H37ClN2O2. The molecule has 1 heterocycles. The van der Waals surface area contributed by atoms with Crippen LogP contribution in [0.2, 0.25) is 5.02 Å². The number of hydrogen-bond donors (Lipinski definition) is 0. The molecule has 2 saturated carbocycles. The van der Waals surface area contributed by atoms with Crippen LogP contribution in [-0.2, 0) is 6.54 Å². The normalized spacial score (nSPS) is 15.0. The van der Waals surface area contributed by atoms with E-state index in [9.17, 15) is 4.79 Å². The van der Waals surface area contributed by atoms with Gasteiger partial charge < -0.3 is 14.2 Å². The fourth-order valence-electron chi connectivity index (χ4n) is 5.22. The molecule has 190 valence electrons. The first kappa shape index (κ1) is 25.0. The van der Waals surface area contributed by atoms with Gasteiger partial charge in [-0.25, -0.2) is 0 Å². The van der Waals surface area contributed by atoms with Crippen molar-refractivity contribution in [3.63, 3.8) is 0 Å². The van der Waals surface area contributed by atoms with Crippen LogP contribution in [0.1, 0.15) is 76.3 Å². The Morgan fingerprint density at radius 1 is 1.14 bits per heavy atom. The van der Waals surface area contributed by atoms with Gasteiger partial charge in [0.2, 0.25) is 0 Å². The summed E-state index contributed by atoms with van der Waals surface area (Å²) in [5.74, 6) is 2.04. The molecule has 2 aliphatic rings. The Morgan fingerprint density at radius 2 is 1.92 bits per heavy atom. The second-order valence-corrected chi connectivity index (χ2v) is 11.1. The number of halogens is 1. The summed E-state index contributed by atoms with van der Waals surface area (Å²) in [6, 6.07) is 14.3. The molecule has 0 bridgehead atoms. The van der Waals surface area contributed by atoms with Crippen molar-refractivity contribution in [3.8, 4) is 5.75 Å². The third-order valence-corrected chi connectivity index (χ3v) is 7.77. The smallest absolute Gasteiger partial charge is 0.251 e. The van der Waals surface area contributed by atoms with E-state index in [1.165, 1.54) is 30.5 Å². The Bertz CT molecular complexity index is 1360. The van der Waals surface area contributed by atoms with E-state index in [1.54, 1.807) is 0 Å². The number of benzene rings is 2. The lowest BCUT2D eigenvalue weighted by atomic mass is 9.98. The third-order valence-electron chi connectivity index (χ3n) is 7.53. The molecule has 3 aromatic rings. The largest absolute Gasteiger partial charge is 0.493 e. The maximum atomic E-state index is 12.7. The zero-order valence-corrected chi connectivity index (χ0v) is 22.7. The zero-order valence-electron chi connectivity index (χ0n) is 21.9. The van der Waals surface area contributed by atoms with Crippen molar-refractivity contribution >= 4 is 33.9 Å². The molecule has 2 aliphatic carbocycles. The lowest BCUT2D eigenvalue weighted by Crippen LogP contribution is -2.21. The molecule has 5 heteroatoms. The van der Waals surface area contributed by atoms with Crippen LogP contribution in [0, 0.1) is 5.92 Å². The van der Waals surface area contributed by atoms with Crippen LogP contribution >= 0.6 is 11.6 Å². The number of allylic oxidation sites excluding steroid dienone is 1. The van der Waals surface area contributed by atoms with Crippen molar-refractivity contribution in [1.82, 2.24) is 4.57 Å². The number of anilines is 1. The summed E-state index contributed by atoms with van der Waals surface area (Å²) in [5.41, 5.74) is 7.02. The van der Waals surface area contributed by atoms with Crippen LogP contribution in [-0.4, -0.2) is 18.2 Å². The van der Waals surface area contributed by atoms with E-state index in [0.29, 0.717) is 11.6 Å². The molecule has 0 N–H and O–H groups in total. The van der Waals surface area contributed by atoms with Crippen LogP contribution in [0.15, 0.2) is 52.8 Å². The minimum atomic E-state index is 0.0697. The molecule has 2 aromatic carbocycles. The van der Waals surface area contributed by atoms with E-state index in [-0.39, 0.29) is 11.5 Å². The Labute approximate surface area is 219 Å². The summed E-state index contributed by atoms with van der Waals surface area (Å²) in [5, 5.41) is 1.84. The molecule has 0 atom stereocenters. The Kier molecular flexibility index (Phi) is 7.16. The van der Waals surface area contributed by atoms with Crippen molar-refractivity contribution in [2.24, 2.45) is 5.92 Å². The number of aromatic nitrogens is 1. The Morgan fingerprint density at radius 3 is 2.58 bits per heavy atom. The molecular weight excluding hydrogens is 468 g/mol. The predicted octanol–water partition coefficient (Wildman–Crippen LogP) is 8.01. The first-order chi connectivity index (χ1) is 17.4. The number of fused-ring (bicyclic) bond motifs is 1. The standard InChI is InChI=1S/C31H37ClN2O2/c1-5-34-28-15-13-24(18-27(28)26(20(2)3)19-30(34)35)33(4)31(22-10-11-22)25-14-12-23(32)17-29(25)36-16-6-7-21-8-9-21/h12-15,17-21H,5-11,16H2,1-4H3. The van der Waals surface area contributed by atoms with E-state index >= 15 is 0 Å². The molecule has 4 nitrogen and oxygen atoms in total. The lowest BCUT2D eigenvalue weighted by molar-refractivity contribution is 0.302. The van der Waals surface area contributed by atoms with Crippen molar-refractivity contribution in [2.45, 2.75) is 71.8 Å². The van der Waals surface area contributed by atoms with E-state index < -0.39 is 0 Å². The van der Waals surface area contributed by atoms with Crippen molar-refractivity contribution < 1.29 is 4.74 Å². The number of ether oxygens (including phenoxy) is 1. The van der Waals surface area contributed by atoms with Crippen LogP contribution in [0.3, 0.4) is 0 Å². The van der Waals surface area contributed by atoms with E-state index in [1.807, 2.05) is 29.7 Å². The van der Waals surface area contributed by atoms with Gasteiger partial charge in [-0.15, -0.1) is 0 Å². The lowest BCUT2D eigenvalue weighted by Gasteiger charge is -2.26. The van der Waals surface area contributed by atoms with Gasteiger partial charge in [0.25, 0.3) is 5.56 Å². The summed E-state index contributed by atoms with van der Waals surface area (Å²) in [4.78, 5) is 15.0. The highest BCUT2D eigenvalue weighted by Crippen LogP contribution is 2.43. The average molecular weight is 505 g/mol. The highest BCUT2D eigenvalue weighted by atomic mass is 35.5. The predicted molar refractivity (Wildman–Crippen MR) is 151 cm³/mol. The molecule has 1 aromatic heterocycles. The number of nitrogens with zero attached hydrogens (tertiary/aromatic N) is 2. The first-order valence-corrected chi connectivity index (χ1v) is 13.8. The monoisotopic (exact) mass is 504 g/mol. The molecule has 0 saturated heterocycles. The fraction of sp³-hybridized carbons (Fsp3) is 0.452. The summed E-state index contributed by atoms with van der Waals surface area (Å²) in [6.07, 6.45) is 7.29. The van der Waals surface area contributed by atoms with Gasteiger partial charge in [-0.05, 0) is 92.0 Å². The van der Waals surface area contributed by atoms with Gasteiger partial charge in [0.05, 0.1) is 17.8 Å². The number of pyridine rings is 1. The fourth-order valence-corrected chi connectivity index (χ4v) is 5.38. The zero-order chi connectivity index (χ0) is 25.4. The number of aryl methyl sites for hydroxylation is 1. The summed E-state index contributed by atoms with van der Waals surface area (Å²) in [6.45, 7) is 7.71. The van der Waals surface area contributed by atoms with Gasteiger partial charge in [-0.2, -0.15) is 0 Å². The van der Waals surface area contributed by atoms with E-state index in [4.69, 9.17) is 16.3 Å². The SMILES string of the molecule is CCn1c(=O)cc(C(C)C)c2cc(N(C)C(=C3CC3)c3ccc(Cl)cc3OCCCC3CC3)ccc21. The van der Waals surface area contributed by atoms with Gasteiger partial charge >= 0.3 is 0 Å². The molecule has 0 aliphatic heterocycles. The van der Waals surface area contributed by atoms with Crippen molar-refractivity contribution in [3.05, 3.63) is 74.5 Å². The molecule has 0 amide bonds. The molecule has 2 fully saturated rings. The maximum Gasteiger partial charge on any atom is 0.251 e. The quantitative estimate of drug-likeness (QED) is 0.262. The number of hydrogen-bond acceptors (Lipinski definition) is 3. The second-order valence-electron chi connectivity index (χ2n) is 10.6. The van der Waals surface area contributed by atoms with Gasteiger partial charge in [0.1, 0.15) is 5.75 Å². The highest BCUT2D eigenvalue weighted by Gasteiger charge is 2.26. The van der Waals surface area contributed by atoms with Gasteiger partial charge in [0.15, 0.2) is 0 Å².